The predicted octanol–water partition coefficient (Wildman–Crippen LogP) is 3.09. The number of rotatable bonds is 7. The van der Waals surface area contributed by atoms with Crippen LogP contribution in [0.25, 0.3) is 11.1 Å². The van der Waals surface area contributed by atoms with Crippen LogP contribution in [0.1, 0.15) is 37.0 Å². The highest BCUT2D eigenvalue weighted by Crippen LogP contribution is 2.44. The number of aromatic nitrogens is 2. The van der Waals surface area contributed by atoms with E-state index >= 15 is 0 Å². The number of thiol groups is 1. The third-order valence-electron chi connectivity index (χ3n) is 6.11. The number of carbonyl (C=O) groups is 1. The Morgan fingerprint density at radius 1 is 1.17 bits per heavy atom. The normalized spacial score (nSPS) is 16.6. The molecule has 0 saturated carbocycles. The third kappa shape index (κ3) is 4.64. The van der Waals surface area contributed by atoms with Crippen molar-refractivity contribution in [2.75, 3.05) is 23.9 Å². The van der Waals surface area contributed by atoms with Crippen molar-refractivity contribution in [1.29, 1.82) is 0 Å². The van der Waals surface area contributed by atoms with Gasteiger partial charge in [0, 0.05) is 59.7 Å². The Labute approximate surface area is 204 Å². The topological polar surface area (TPSA) is 123 Å². The van der Waals surface area contributed by atoms with Crippen LogP contribution in [0.3, 0.4) is 0 Å². The zero-order chi connectivity index (χ0) is 24.5. The molecule has 2 N–H and O–H groups in total. The summed E-state index contributed by atoms with van der Waals surface area (Å²) in [6, 6.07) is 9.54. The maximum atomic E-state index is 12.1. The van der Waals surface area contributed by atoms with Crippen LogP contribution in [0.2, 0.25) is 0 Å². The number of amides is 1. The molecule has 10 nitrogen and oxygen atoms in total. The van der Waals surface area contributed by atoms with Gasteiger partial charge in [-0.15, -0.1) is 0 Å². The molecule has 11 heteroatoms. The molecule has 1 saturated heterocycles. The van der Waals surface area contributed by atoms with Crippen molar-refractivity contribution in [2.45, 2.75) is 32.4 Å². The van der Waals surface area contributed by atoms with Crippen LogP contribution in [0.4, 0.5) is 17.2 Å². The minimum Gasteiger partial charge on any atom is -0.485 e. The number of fused-ring (bicyclic) bond motifs is 3. The van der Waals surface area contributed by atoms with E-state index in [1.165, 1.54) is 7.11 Å². The van der Waals surface area contributed by atoms with Gasteiger partial charge in [0.25, 0.3) is 0 Å². The highest BCUT2D eigenvalue weighted by Gasteiger charge is 2.27. The van der Waals surface area contributed by atoms with Gasteiger partial charge in [0.1, 0.15) is 17.7 Å². The van der Waals surface area contributed by atoms with Crippen LogP contribution in [0.5, 0.6) is 11.6 Å². The van der Waals surface area contributed by atoms with Crippen LogP contribution in [-0.4, -0.2) is 37.9 Å². The molecular weight excluding hydrogens is 470 g/mol. The Balaban J connectivity index is 1.41. The molecule has 2 aliphatic heterocycles. The quantitative estimate of drug-likeness (QED) is 0.428. The van der Waals surface area contributed by atoms with E-state index in [0.29, 0.717) is 29.4 Å². The van der Waals surface area contributed by atoms with Crippen molar-refractivity contribution in [3.63, 3.8) is 0 Å². The van der Waals surface area contributed by atoms with E-state index in [1.807, 2.05) is 31.2 Å². The molecule has 3 aromatic rings. The first-order valence-corrected chi connectivity index (χ1v) is 12.4. The maximum Gasteiger partial charge on any atom is 0.227 e. The van der Waals surface area contributed by atoms with Gasteiger partial charge in [0.05, 0.1) is 19.0 Å². The number of benzene rings is 1. The number of pyridine rings is 2. The summed E-state index contributed by atoms with van der Waals surface area (Å²) in [4.78, 5) is 22.8. The van der Waals surface area contributed by atoms with Gasteiger partial charge in [-0.2, -0.15) is 0 Å². The average molecular weight is 496 g/mol. The lowest BCUT2D eigenvalue weighted by atomic mass is 9.94. The van der Waals surface area contributed by atoms with Gasteiger partial charge in [-0.1, -0.05) is 0 Å². The number of hydrogen-bond donors (Lipinski definition) is 3. The fraction of sp³-hybridized carbons (Fsp3) is 0.292. The van der Waals surface area contributed by atoms with Gasteiger partial charge in [-0.3, -0.25) is 4.79 Å². The molecule has 1 unspecified atom stereocenters. The molecule has 1 amide bonds. The predicted molar refractivity (Wildman–Crippen MR) is 132 cm³/mol. The van der Waals surface area contributed by atoms with Crippen molar-refractivity contribution >= 4 is 34.0 Å². The second kappa shape index (κ2) is 9.51. The highest BCUT2D eigenvalue weighted by molar-refractivity contribution is 7.70. The highest BCUT2D eigenvalue weighted by atomic mass is 32.2. The van der Waals surface area contributed by atoms with Crippen molar-refractivity contribution in [1.82, 2.24) is 14.7 Å². The lowest BCUT2D eigenvalue weighted by molar-refractivity contribution is -0.117. The zero-order valence-corrected chi connectivity index (χ0v) is 20.2. The van der Waals surface area contributed by atoms with E-state index in [1.54, 1.807) is 23.4 Å². The van der Waals surface area contributed by atoms with E-state index in [-0.39, 0.29) is 18.6 Å². The summed E-state index contributed by atoms with van der Waals surface area (Å²) in [6.45, 7) is 2.77. The van der Waals surface area contributed by atoms with Crippen LogP contribution in [0.15, 0.2) is 42.7 Å². The van der Waals surface area contributed by atoms with E-state index < -0.39 is 10.9 Å². The first kappa shape index (κ1) is 23.1. The van der Waals surface area contributed by atoms with E-state index in [2.05, 4.69) is 20.0 Å². The Hall–Kier alpha value is -3.70. The van der Waals surface area contributed by atoms with E-state index in [0.717, 1.165) is 41.1 Å². The van der Waals surface area contributed by atoms with Crippen LogP contribution in [-0.2, 0) is 22.2 Å². The van der Waals surface area contributed by atoms with Crippen molar-refractivity contribution < 1.29 is 22.7 Å². The summed E-state index contributed by atoms with van der Waals surface area (Å²) >= 11 is 0. The van der Waals surface area contributed by atoms with Gasteiger partial charge >= 0.3 is 0 Å². The summed E-state index contributed by atoms with van der Waals surface area (Å²) in [7, 11) is -1.26. The molecule has 0 bridgehead atoms. The monoisotopic (exact) mass is 495 g/mol. The number of hydrogen-bond acceptors (Lipinski definition) is 8. The summed E-state index contributed by atoms with van der Waals surface area (Å²) in [5, 5.41) is 3.22. The molecule has 5 rings (SSSR count). The second-order valence-corrected chi connectivity index (χ2v) is 9.19. The summed E-state index contributed by atoms with van der Waals surface area (Å²) in [5.74, 6) is 1.81. The minimum absolute atomic E-state index is 0.0642. The summed E-state index contributed by atoms with van der Waals surface area (Å²) in [5.41, 5.74) is 4.96. The van der Waals surface area contributed by atoms with Gasteiger partial charge in [-0.25, -0.2) is 23.1 Å². The number of carbonyl (C=O) groups excluding carboxylic acids is 1. The Kier molecular flexibility index (Phi) is 6.27. The minimum atomic E-state index is -2.74. The van der Waals surface area contributed by atoms with Crippen molar-refractivity contribution in [3.8, 4) is 22.8 Å². The smallest absolute Gasteiger partial charge is 0.227 e. The van der Waals surface area contributed by atoms with Gasteiger partial charge in [0.2, 0.25) is 22.7 Å². The molecule has 2 aliphatic rings. The Morgan fingerprint density at radius 3 is 2.77 bits per heavy atom. The van der Waals surface area contributed by atoms with Crippen LogP contribution in [0, 0.1) is 0 Å². The lowest BCUT2D eigenvalue weighted by Gasteiger charge is -2.28. The Morgan fingerprint density at radius 2 is 2.03 bits per heavy atom. The fourth-order valence-electron chi connectivity index (χ4n) is 4.45. The molecule has 1 fully saturated rings. The standard InChI is InChI=1S/C24H25N5O5S/c1-14-19-10-22(28-16-8-15(11-27-35(31)32)24(33-2)26-12-16)25-13-20(19)18-6-5-17(9-21(18)34-14)29-7-3-4-23(29)30/h5-6,8-10,12-14,35H,3-4,7,11H2,1-2H3,(H,25,28)(H,27,31,32). The van der Waals surface area contributed by atoms with Crippen LogP contribution >= 0.6 is 0 Å². The first-order chi connectivity index (χ1) is 16.9. The second-order valence-electron chi connectivity index (χ2n) is 8.36. The molecule has 2 aromatic heterocycles. The van der Waals surface area contributed by atoms with Crippen molar-refractivity contribution in [3.05, 3.63) is 53.9 Å². The number of methoxy groups -OCH3 is 1. The third-order valence-corrected chi connectivity index (χ3v) is 6.52. The molecule has 0 aliphatic carbocycles. The molecule has 0 radical (unpaired) electrons. The summed E-state index contributed by atoms with van der Waals surface area (Å²) in [6.07, 6.45) is 4.63. The van der Waals surface area contributed by atoms with Gasteiger partial charge in [0.15, 0.2) is 0 Å². The fourth-order valence-corrected chi connectivity index (χ4v) is 4.75. The van der Waals surface area contributed by atoms with Crippen molar-refractivity contribution in [2.24, 2.45) is 0 Å². The zero-order valence-electron chi connectivity index (χ0n) is 19.3. The Bertz CT molecular complexity index is 1370. The maximum absolute atomic E-state index is 12.1. The molecule has 1 aromatic carbocycles. The molecule has 35 heavy (non-hydrogen) atoms. The summed E-state index contributed by atoms with van der Waals surface area (Å²) < 4.78 is 35.6. The molecule has 0 spiro atoms. The number of ether oxygens (including phenoxy) is 2. The number of nitrogens with zero attached hydrogens (tertiary/aromatic N) is 3. The lowest BCUT2D eigenvalue weighted by Crippen LogP contribution is -2.24. The van der Waals surface area contributed by atoms with Crippen LogP contribution < -0.4 is 24.4 Å². The number of nitrogens with one attached hydrogen (secondary N) is 2. The van der Waals surface area contributed by atoms with E-state index in [4.69, 9.17) is 9.47 Å². The largest absolute Gasteiger partial charge is 0.485 e. The van der Waals surface area contributed by atoms with Gasteiger partial charge < -0.3 is 19.7 Å². The SMILES string of the molecule is COc1ncc(Nc2cc3c(cn2)-c2ccc(N4CCCC4=O)cc2OC3C)cc1CN[SH](=O)=O. The van der Waals surface area contributed by atoms with Gasteiger partial charge in [-0.05, 0) is 37.6 Å². The molecule has 4 heterocycles. The average Bonchev–Trinajstić information content (AvgIpc) is 3.28. The first-order valence-electron chi connectivity index (χ1n) is 11.2. The molecule has 1 atom stereocenters. The number of anilines is 3. The molecular formula is C24H25N5O5S. The molecule has 182 valence electrons. The van der Waals surface area contributed by atoms with E-state index in [9.17, 15) is 13.2 Å².